The van der Waals surface area contributed by atoms with Crippen LogP contribution < -0.4 is 37.9 Å². The highest BCUT2D eigenvalue weighted by atomic mass is 16.5. The Morgan fingerprint density at radius 1 is 0.469 bits per heavy atom. The molecule has 2 unspecified atom stereocenters. The molecule has 10 heteroatoms. The molecule has 0 aliphatic heterocycles. The molecule has 1 aliphatic carbocycles. The zero-order valence-electron chi connectivity index (χ0n) is 28.9. The van der Waals surface area contributed by atoms with Crippen molar-refractivity contribution in [1.82, 2.24) is 0 Å². The minimum Gasteiger partial charge on any atom is -0.493 e. The van der Waals surface area contributed by atoms with E-state index in [9.17, 15) is 10.2 Å². The minimum absolute atomic E-state index is 0.0490. The molecule has 4 aromatic rings. The number of hydrogen-bond acceptors (Lipinski definition) is 10. The fraction of sp³-hybridized carbons (Fsp3) is 0.385. The van der Waals surface area contributed by atoms with Gasteiger partial charge in [-0.3, -0.25) is 0 Å². The first-order valence-electron chi connectivity index (χ1n) is 16.2. The van der Waals surface area contributed by atoms with Crippen molar-refractivity contribution in [2.24, 2.45) is 0 Å². The molecule has 49 heavy (non-hydrogen) atoms. The van der Waals surface area contributed by atoms with Crippen molar-refractivity contribution in [2.45, 2.75) is 43.3 Å². The molecule has 0 amide bonds. The molecule has 4 aromatic carbocycles. The normalized spacial score (nSPS) is 16.7. The van der Waals surface area contributed by atoms with E-state index < -0.39 is 12.2 Å². The standard InChI is InChI=1S/C39H46O10/c1-42-32-13-11-28(20-36(32)44-3)30(40)22-48-34-15-9-26(18-38(34)46-5)24-7-8-25(17-24)27-10-16-35(39(19-27)47-6)49-23-31(41)29-12-14-33(43-2)37(21-29)45-4/h9-16,18-21,24-25,30-31,40-41H,7-8,17,22-23H2,1-6H3/t24-,25+,30?,31?. The Morgan fingerprint density at radius 3 is 1.18 bits per heavy atom. The summed E-state index contributed by atoms with van der Waals surface area (Å²) in [5.41, 5.74) is 3.69. The van der Waals surface area contributed by atoms with Crippen LogP contribution in [-0.4, -0.2) is 66.1 Å². The Balaban J connectivity index is 1.19. The number of aliphatic hydroxyl groups excluding tert-OH is 2. The van der Waals surface area contributed by atoms with E-state index in [1.807, 2.05) is 24.3 Å². The molecule has 1 fully saturated rings. The van der Waals surface area contributed by atoms with Crippen LogP contribution in [0.4, 0.5) is 0 Å². The molecule has 0 aromatic heterocycles. The van der Waals surface area contributed by atoms with Crippen LogP contribution in [0.15, 0.2) is 72.8 Å². The molecule has 2 N–H and O–H groups in total. The molecule has 0 heterocycles. The van der Waals surface area contributed by atoms with Crippen LogP contribution in [0, 0.1) is 0 Å². The zero-order valence-corrected chi connectivity index (χ0v) is 28.9. The predicted octanol–water partition coefficient (Wildman–Crippen LogP) is 7.01. The Morgan fingerprint density at radius 2 is 0.816 bits per heavy atom. The summed E-state index contributed by atoms with van der Waals surface area (Å²) < 4.78 is 44.7. The van der Waals surface area contributed by atoms with Crippen molar-refractivity contribution in [3.05, 3.63) is 95.1 Å². The van der Waals surface area contributed by atoms with Gasteiger partial charge >= 0.3 is 0 Å². The Labute approximate surface area is 288 Å². The predicted molar refractivity (Wildman–Crippen MR) is 185 cm³/mol. The van der Waals surface area contributed by atoms with Gasteiger partial charge < -0.3 is 48.1 Å². The number of ether oxygens (including phenoxy) is 8. The van der Waals surface area contributed by atoms with Gasteiger partial charge in [-0.05, 0) is 102 Å². The lowest BCUT2D eigenvalue weighted by molar-refractivity contribution is 0.106. The highest BCUT2D eigenvalue weighted by Crippen LogP contribution is 2.46. The Hall–Kier alpha value is -4.80. The smallest absolute Gasteiger partial charge is 0.161 e. The number of aliphatic hydroxyl groups is 2. The summed E-state index contributed by atoms with van der Waals surface area (Å²) in [7, 11) is 9.50. The average molecular weight is 675 g/mol. The SMILES string of the molecule is COc1ccc(C(O)COc2ccc([C@@H]3CC[C@H](c4ccc(OCC(O)c5ccc(OC)c(OC)c5)c(OC)c4)C3)cc2OC)cc1OC. The molecule has 262 valence electrons. The van der Waals surface area contributed by atoms with E-state index in [2.05, 4.69) is 12.1 Å². The van der Waals surface area contributed by atoms with E-state index in [-0.39, 0.29) is 13.2 Å². The van der Waals surface area contributed by atoms with Gasteiger partial charge in [-0.25, -0.2) is 0 Å². The molecule has 0 bridgehead atoms. The quantitative estimate of drug-likeness (QED) is 0.129. The van der Waals surface area contributed by atoms with Crippen LogP contribution in [0.3, 0.4) is 0 Å². The van der Waals surface area contributed by atoms with E-state index in [0.29, 0.717) is 69.0 Å². The highest BCUT2D eigenvalue weighted by Gasteiger charge is 2.29. The second-order valence-corrected chi connectivity index (χ2v) is 11.9. The summed E-state index contributed by atoms with van der Waals surface area (Å²) in [5.74, 6) is 5.35. The molecule has 0 spiro atoms. The van der Waals surface area contributed by atoms with Gasteiger partial charge in [-0.1, -0.05) is 24.3 Å². The largest absolute Gasteiger partial charge is 0.493 e. The summed E-state index contributed by atoms with van der Waals surface area (Å²) in [6.07, 6.45) is 1.31. The lowest BCUT2D eigenvalue weighted by Gasteiger charge is -2.19. The fourth-order valence-corrected chi connectivity index (χ4v) is 6.35. The number of hydrogen-bond donors (Lipinski definition) is 2. The van der Waals surface area contributed by atoms with E-state index in [0.717, 1.165) is 19.3 Å². The van der Waals surface area contributed by atoms with Gasteiger partial charge in [0.15, 0.2) is 46.0 Å². The van der Waals surface area contributed by atoms with Gasteiger partial charge in [0.05, 0.1) is 42.7 Å². The Kier molecular flexibility index (Phi) is 12.0. The van der Waals surface area contributed by atoms with Gasteiger partial charge in [-0.2, -0.15) is 0 Å². The van der Waals surface area contributed by atoms with E-state index in [1.54, 1.807) is 79.1 Å². The van der Waals surface area contributed by atoms with E-state index >= 15 is 0 Å². The second kappa shape index (κ2) is 16.5. The molecule has 4 atom stereocenters. The van der Waals surface area contributed by atoms with Crippen molar-refractivity contribution >= 4 is 0 Å². The third kappa shape index (κ3) is 8.26. The third-order valence-electron chi connectivity index (χ3n) is 9.13. The van der Waals surface area contributed by atoms with Gasteiger partial charge in [-0.15, -0.1) is 0 Å². The third-order valence-corrected chi connectivity index (χ3v) is 9.13. The molecule has 1 aliphatic rings. The minimum atomic E-state index is -0.865. The number of benzene rings is 4. The summed E-state index contributed by atoms with van der Waals surface area (Å²) in [5, 5.41) is 21.6. The van der Waals surface area contributed by atoms with E-state index in [4.69, 9.17) is 37.9 Å². The van der Waals surface area contributed by atoms with Gasteiger partial charge in [0.25, 0.3) is 0 Å². The maximum atomic E-state index is 10.8. The van der Waals surface area contributed by atoms with Crippen molar-refractivity contribution in [3.63, 3.8) is 0 Å². The highest BCUT2D eigenvalue weighted by molar-refractivity contribution is 5.48. The average Bonchev–Trinajstić information content (AvgIpc) is 3.65. The van der Waals surface area contributed by atoms with Crippen LogP contribution in [0.5, 0.6) is 46.0 Å². The Bertz CT molecular complexity index is 1570. The van der Waals surface area contributed by atoms with Crippen LogP contribution in [0.2, 0.25) is 0 Å². The van der Waals surface area contributed by atoms with Gasteiger partial charge in [0.1, 0.15) is 25.4 Å². The van der Waals surface area contributed by atoms with Crippen molar-refractivity contribution in [3.8, 4) is 46.0 Å². The maximum absolute atomic E-state index is 10.8. The lowest BCUT2D eigenvalue weighted by atomic mass is 9.92. The van der Waals surface area contributed by atoms with Gasteiger partial charge in [0.2, 0.25) is 0 Å². The van der Waals surface area contributed by atoms with Crippen LogP contribution in [0.1, 0.15) is 65.6 Å². The van der Waals surface area contributed by atoms with E-state index in [1.165, 1.54) is 11.1 Å². The zero-order chi connectivity index (χ0) is 34.9. The molecule has 0 radical (unpaired) electrons. The van der Waals surface area contributed by atoms with Crippen molar-refractivity contribution in [2.75, 3.05) is 55.9 Å². The van der Waals surface area contributed by atoms with Gasteiger partial charge in [0, 0.05) is 0 Å². The lowest BCUT2D eigenvalue weighted by Crippen LogP contribution is -2.11. The van der Waals surface area contributed by atoms with Crippen LogP contribution in [0.25, 0.3) is 0 Å². The monoisotopic (exact) mass is 674 g/mol. The molecular weight excluding hydrogens is 628 g/mol. The summed E-state index contributed by atoms with van der Waals surface area (Å²) in [6, 6.07) is 22.6. The first-order chi connectivity index (χ1) is 23.8. The summed E-state index contributed by atoms with van der Waals surface area (Å²) in [6.45, 7) is 0.0981. The number of methoxy groups -OCH3 is 6. The van der Waals surface area contributed by atoms with Crippen LogP contribution in [-0.2, 0) is 0 Å². The first kappa shape index (κ1) is 35.5. The number of rotatable bonds is 16. The topological polar surface area (TPSA) is 114 Å². The van der Waals surface area contributed by atoms with Crippen molar-refractivity contribution < 1.29 is 48.1 Å². The molecular formula is C39H46O10. The molecule has 10 nitrogen and oxygen atoms in total. The summed E-state index contributed by atoms with van der Waals surface area (Å²) in [4.78, 5) is 0. The van der Waals surface area contributed by atoms with Crippen molar-refractivity contribution in [1.29, 1.82) is 0 Å². The fourth-order valence-electron chi connectivity index (χ4n) is 6.35. The van der Waals surface area contributed by atoms with Crippen LogP contribution >= 0.6 is 0 Å². The summed E-state index contributed by atoms with van der Waals surface area (Å²) >= 11 is 0. The first-order valence-corrected chi connectivity index (χ1v) is 16.2. The molecule has 1 saturated carbocycles. The molecule has 5 rings (SSSR count). The molecule has 0 saturated heterocycles. The second-order valence-electron chi connectivity index (χ2n) is 11.9. The maximum Gasteiger partial charge on any atom is 0.161 e.